The van der Waals surface area contributed by atoms with Gasteiger partial charge in [-0.1, -0.05) is 11.6 Å². The molecule has 0 saturated carbocycles. The van der Waals surface area contributed by atoms with Crippen LogP contribution in [0.4, 0.5) is 5.82 Å². The standard InChI is InChI=1S/C25H32ClN7O2/c1-17-22-18(2)33(21-7-5-20(26)6-8-21)30-23(22)24(29-28-17)32-10-3-4-19(16-32)25(34)27-9-11-31-12-14-35-15-13-31/h5-8,19H,3-4,9-16H2,1-2H3,(H,27,34)/t19-/m1/s1. The molecule has 0 spiro atoms. The summed E-state index contributed by atoms with van der Waals surface area (Å²) in [6, 6.07) is 7.63. The Kier molecular flexibility index (Phi) is 7.17. The van der Waals surface area contributed by atoms with Crippen molar-refractivity contribution in [2.45, 2.75) is 26.7 Å². The Labute approximate surface area is 210 Å². The van der Waals surface area contributed by atoms with Crippen LogP contribution >= 0.6 is 11.6 Å². The number of morpholine rings is 1. The number of fused-ring (bicyclic) bond motifs is 1. The molecular formula is C25H32ClN7O2. The molecule has 5 rings (SSSR count). The summed E-state index contributed by atoms with van der Waals surface area (Å²) in [6.45, 7) is 10.4. The predicted octanol–water partition coefficient (Wildman–Crippen LogP) is 2.75. The summed E-state index contributed by atoms with van der Waals surface area (Å²) >= 11 is 6.08. The van der Waals surface area contributed by atoms with Crippen LogP contribution in [-0.2, 0) is 9.53 Å². The first-order valence-electron chi connectivity index (χ1n) is 12.3. The highest BCUT2D eigenvalue weighted by Gasteiger charge is 2.29. The van der Waals surface area contributed by atoms with E-state index in [-0.39, 0.29) is 11.8 Å². The molecule has 1 atom stereocenters. The molecule has 35 heavy (non-hydrogen) atoms. The summed E-state index contributed by atoms with van der Waals surface area (Å²) in [4.78, 5) is 17.5. The summed E-state index contributed by atoms with van der Waals surface area (Å²) in [5.74, 6) is 0.778. The van der Waals surface area contributed by atoms with Crippen LogP contribution in [0.2, 0.25) is 5.02 Å². The average molecular weight is 498 g/mol. The number of halogens is 1. The van der Waals surface area contributed by atoms with Gasteiger partial charge >= 0.3 is 0 Å². The van der Waals surface area contributed by atoms with E-state index in [9.17, 15) is 4.79 Å². The van der Waals surface area contributed by atoms with Crippen LogP contribution < -0.4 is 10.2 Å². The fourth-order valence-electron chi connectivity index (χ4n) is 5.05. The first-order chi connectivity index (χ1) is 17.0. The normalized spacial score (nSPS) is 19.3. The topological polar surface area (TPSA) is 88.4 Å². The van der Waals surface area contributed by atoms with E-state index in [1.165, 1.54) is 0 Å². The van der Waals surface area contributed by atoms with Gasteiger partial charge in [0.1, 0.15) is 5.52 Å². The minimum Gasteiger partial charge on any atom is -0.379 e. The largest absolute Gasteiger partial charge is 0.379 e. The van der Waals surface area contributed by atoms with Crippen LogP contribution in [0.3, 0.4) is 0 Å². The molecule has 1 aromatic carbocycles. The number of nitrogens with zero attached hydrogens (tertiary/aromatic N) is 6. The van der Waals surface area contributed by atoms with Gasteiger partial charge in [0, 0.05) is 44.3 Å². The van der Waals surface area contributed by atoms with Crippen molar-refractivity contribution >= 4 is 34.2 Å². The van der Waals surface area contributed by atoms with E-state index in [1.807, 2.05) is 42.8 Å². The van der Waals surface area contributed by atoms with Gasteiger partial charge in [-0.3, -0.25) is 9.69 Å². The summed E-state index contributed by atoms with van der Waals surface area (Å²) in [5.41, 5.74) is 3.60. The second-order valence-corrected chi connectivity index (χ2v) is 9.77. The number of anilines is 1. The van der Waals surface area contributed by atoms with Crippen molar-refractivity contribution in [3.8, 4) is 5.69 Å². The van der Waals surface area contributed by atoms with Gasteiger partial charge in [0.25, 0.3) is 0 Å². The Hall–Kier alpha value is -2.75. The fraction of sp³-hybridized carbons (Fsp3) is 0.520. The lowest BCUT2D eigenvalue weighted by Gasteiger charge is -2.33. The van der Waals surface area contributed by atoms with Crippen LogP contribution in [0.1, 0.15) is 24.2 Å². The number of hydrogen-bond donors (Lipinski definition) is 1. The Bertz CT molecular complexity index is 1190. The smallest absolute Gasteiger partial charge is 0.224 e. The number of ether oxygens (including phenoxy) is 1. The van der Waals surface area contributed by atoms with E-state index in [2.05, 4.69) is 25.3 Å². The molecule has 186 valence electrons. The van der Waals surface area contributed by atoms with Crippen molar-refractivity contribution in [1.29, 1.82) is 0 Å². The number of carbonyl (C=O) groups excluding carboxylic acids is 1. The minimum absolute atomic E-state index is 0.0777. The predicted molar refractivity (Wildman–Crippen MR) is 136 cm³/mol. The lowest BCUT2D eigenvalue weighted by atomic mass is 9.97. The molecule has 0 bridgehead atoms. The number of piperidine rings is 1. The van der Waals surface area contributed by atoms with E-state index in [4.69, 9.17) is 21.4 Å². The van der Waals surface area contributed by atoms with Crippen molar-refractivity contribution in [2.75, 3.05) is 57.4 Å². The van der Waals surface area contributed by atoms with Gasteiger partial charge in [0.15, 0.2) is 5.82 Å². The molecule has 0 radical (unpaired) electrons. The van der Waals surface area contributed by atoms with Crippen molar-refractivity contribution in [3.63, 3.8) is 0 Å². The lowest BCUT2D eigenvalue weighted by Crippen LogP contribution is -2.46. The summed E-state index contributed by atoms with van der Waals surface area (Å²) in [5, 5.41) is 18.8. The van der Waals surface area contributed by atoms with E-state index in [0.717, 1.165) is 86.0 Å². The monoisotopic (exact) mass is 497 g/mol. The number of nitrogens with one attached hydrogen (secondary N) is 1. The van der Waals surface area contributed by atoms with Crippen LogP contribution in [0.15, 0.2) is 24.3 Å². The summed E-state index contributed by atoms with van der Waals surface area (Å²) < 4.78 is 7.31. The Morgan fingerprint density at radius 1 is 1.14 bits per heavy atom. The molecule has 4 heterocycles. The Morgan fingerprint density at radius 2 is 1.91 bits per heavy atom. The van der Waals surface area contributed by atoms with Gasteiger partial charge in [0.2, 0.25) is 5.91 Å². The first kappa shape index (κ1) is 24.0. The second-order valence-electron chi connectivity index (χ2n) is 9.34. The SMILES string of the molecule is Cc1nnc(N2CCC[C@@H](C(=O)NCCN3CCOCC3)C2)c2nn(-c3ccc(Cl)cc3)c(C)c12. The molecule has 10 heteroatoms. The van der Waals surface area contributed by atoms with Crippen molar-refractivity contribution < 1.29 is 9.53 Å². The number of rotatable bonds is 6. The number of aromatic nitrogens is 4. The van der Waals surface area contributed by atoms with Gasteiger partial charge in [-0.15, -0.1) is 5.10 Å². The number of hydrogen-bond acceptors (Lipinski definition) is 7. The molecular weight excluding hydrogens is 466 g/mol. The third-order valence-corrected chi connectivity index (χ3v) is 7.23. The van der Waals surface area contributed by atoms with E-state index >= 15 is 0 Å². The highest BCUT2D eigenvalue weighted by molar-refractivity contribution is 6.30. The molecule has 3 aromatic rings. The number of carbonyl (C=O) groups is 1. The quantitative estimate of drug-likeness (QED) is 0.560. The maximum absolute atomic E-state index is 13.0. The molecule has 2 aliphatic rings. The van der Waals surface area contributed by atoms with E-state index in [0.29, 0.717) is 18.1 Å². The molecule has 1 N–H and O–H groups in total. The van der Waals surface area contributed by atoms with Gasteiger partial charge < -0.3 is 15.0 Å². The third kappa shape index (κ3) is 5.12. The molecule has 2 fully saturated rings. The minimum atomic E-state index is -0.0777. The zero-order chi connectivity index (χ0) is 24.4. The van der Waals surface area contributed by atoms with Crippen molar-refractivity contribution in [3.05, 3.63) is 40.7 Å². The zero-order valence-corrected chi connectivity index (χ0v) is 21.1. The van der Waals surface area contributed by atoms with Gasteiger partial charge in [0.05, 0.1) is 41.6 Å². The lowest BCUT2D eigenvalue weighted by molar-refractivity contribution is -0.125. The van der Waals surface area contributed by atoms with Gasteiger partial charge in [-0.05, 0) is 51.0 Å². The van der Waals surface area contributed by atoms with E-state index in [1.54, 1.807) is 0 Å². The van der Waals surface area contributed by atoms with Crippen LogP contribution in [0.5, 0.6) is 0 Å². The molecule has 0 unspecified atom stereocenters. The molecule has 0 aliphatic carbocycles. The van der Waals surface area contributed by atoms with Crippen molar-refractivity contribution in [2.24, 2.45) is 5.92 Å². The summed E-state index contributed by atoms with van der Waals surface area (Å²) in [7, 11) is 0. The molecule has 2 aliphatic heterocycles. The maximum Gasteiger partial charge on any atom is 0.224 e. The van der Waals surface area contributed by atoms with Crippen LogP contribution in [0.25, 0.3) is 16.6 Å². The Morgan fingerprint density at radius 3 is 2.69 bits per heavy atom. The van der Waals surface area contributed by atoms with Gasteiger partial charge in [-0.2, -0.15) is 10.2 Å². The first-order valence-corrected chi connectivity index (χ1v) is 12.7. The molecule has 1 amide bonds. The molecule has 2 aromatic heterocycles. The summed E-state index contributed by atoms with van der Waals surface area (Å²) in [6.07, 6.45) is 1.80. The molecule has 2 saturated heterocycles. The van der Waals surface area contributed by atoms with Crippen molar-refractivity contribution in [1.82, 2.24) is 30.2 Å². The maximum atomic E-state index is 13.0. The average Bonchev–Trinajstić information content (AvgIpc) is 3.23. The number of aryl methyl sites for hydroxylation is 2. The van der Waals surface area contributed by atoms with Crippen LogP contribution in [-0.4, -0.2) is 83.3 Å². The third-order valence-electron chi connectivity index (χ3n) is 6.98. The highest BCUT2D eigenvalue weighted by atomic mass is 35.5. The Balaban J connectivity index is 1.33. The fourth-order valence-corrected chi connectivity index (χ4v) is 5.17. The zero-order valence-electron chi connectivity index (χ0n) is 20.3. The second kappa shape index (κ2) is 10.5. The van der Waals surface area contributed by atoms with E-state index < -0.39 is 0 Å². The number of benzene rings is 1. The molecule has 9 nitrogen and oxygen atoms in total. The van der Waals surface area contributed by atoms with Gasteiger partial charge in [-0.25, -0.2) is 4.68 Å². The number of amides is 1. The van der Waals surface area contributed by atoms with Crippen LogP contribution in [0, 0.1) is 19.8 Å². The highest BCUT2D eigenvalue weighted by Crippen LogP contribution is 2.31.